The molecule has 2 aromatic carbocycles. The summed E-state index contributed by atoms with van der Waals surface area (Å²) in [7, 11) is 0. The molecule has 2 unspecified atom stereocenters. The van der Waals surface area contributed by atoms with Crippen LogP contribution in [0, 0.1) is 0 Å². The van der Waals surface area contributed by atoms with Gasteiger partial charge in [-0.05, 0) is 74.9 Å². The number of esters is 2. The molecule has 0 aromatic heterocycles. The number of hydrogen-bond donors (Lipinski definition) is 2. The fourth-order valence-electron chi connectivity index (χ4n) is 5.12. The van der Waals surface area contributed by atoms with Crippen molar-refractivity contribution in [2.24, 2.45) is 0 Å². The van der Waals surface area contributed by atoms with Crippen LogP contribution in [0.15, 0.2) is 48.5 Å². The standard InChI is InChI=1S/C28H36N2O4/c1-27(19-29-17-15-21-9-3-5-11-23(21)27)33-25(31)13-7-8-14-26(32)34-28(2)20-30-18-16-22-10-4-6-12-24(22)28/h3-6,9-12,29-30H,7-8,13-20H2,1-2H3. The van der Waals surface area contributed by atoms with Crippen molar-refractivity contribution in [1.82, 2.24) is 10.6 Å². The molecule has 2 atom stereocenters. The van der Waals surface area contributed by atoms with Crippen LogP contribution in [0.4, 0.5) is 0 Å². The molecule has 0 spiro atoms. The lowest BCUT2D eigenvalue weighted by atomic mass is 9.91. The number of ether oxygens (including phenoxy) is 2. The maximum Gasteiger partial charge on any atom is 0.306 e. The first kappa shape index (κ1) is 24.4. The highest BCUT2D eigenvalue weighted by molar-refractivity contribution is 5.71. The van der Waals surface area contributed by atoms with E-state index in [1.54, 1.807) is 0 Å². The van der Waals surface area contributed by atoms with E-state index in [0.717, 1.165) is 37.1 Å². The zero-order valence-electron chi connectivity index (χ0n) is 20.3. The molecule has 2 N–H and O–H groups in total. The zero-order chi connectivity index (χ0) is 24.0. The molecule has 6 nitrogen and oxygen atoms in total. The van der Waals surface area contributed by atoms with E-state index in [-0.39, 0.29) is 24.8 Å². The molecule has 6 heteroatoms. The number of carbonyl (C=O) groups excluding carboxylic acids is 2. The number of benzene rings is 2. The van der Waals surface area contributed by atoms with Crippen molar-refractivity contribution >= 4 is 11.9 Å². The Labute approximate surface area is 202 Å². The summed E-state index contributed by atoms with van der Waals surface area (Å²) in [6.07, 6.45) is 3.59. The van der Waals surface area contributed by atoms with Gasteiger partial charge in [-0.25, -0.2) is 0 Å². The molecule has 2 aromatic rings. The van der Waals surface area contributed by atoms with E-state index in [1.165, 1.54) is 11.1 Å². The summed E-state index contributed by atoms with van der Waals surface area (Å²) >= 11 is 0. The Morgan fingerprint density at radius 3 is 1.59 bits per heavy atom. The highest BCUT2D eigenvalue weighted by Crippen LogP contribution is 2.32. The minimum absolute atomic E-state index is 0.233. The minimum atomic E-state index is -0.683. The normalized spacial score (nSPS) is 24.2. The number of hydrogen-bond acceptors (Lipinski definition) is 6. The molecule has 0 saturated heterocycles. The lowest BCUT2D eigenvalue weighted by Gasteiger charge is -2.30. The first-order valence-electron chi connectivity index (χ1n) is 12.4. The van der Waals surface area contributed by atoms with Gasteiger partial charge in [0.2, 0.25) is 0 Å². The van der Waals surface area contributed by atoms with Crippen LogP contribution in [0.25, 0.3) is 0 Å². The Morgan fingerprint density at radius 1 is 0.735 bits per heavy atom. The van der Waals surface area contributed by atoms with E-state index in [9.17, 15) is 9.59 Å². The predicted octanol–water partition coefficient (Wildman–Crippen LogP) is 3.76. The van der Waals surface area contributed by atoms with Gasteiger partial charge in [0.05, 0.1) is 0 Å². The predicted molar refractivity (Wildman–Crippen MR) is 131 cm³/mol. The van der Waals surface area contributed by atoms with E-state index < -0.39 is 11.2 Å². The van der Waals surface area contributed by atoms with Crippen LogP contribution in [0.3, 0.4) is 0 Å². The topological polar surface area (TPSA) is 76.7 Å². The van der Waals surface area contributed by atoms with Gasteiger partial charge in [0, 0.05) is 25.9 Å². The van der Waals surface area contributed by atoms with Crippen LogP contribution in [-0.4, -0.2) is 38.1 Å². The second-order valence-corrected chi connectivity index (χ2v) is 9.78. The lowest BCUT2D eigenvalue weighted by Crippen LogP contribution is -2.39. The summed E-state index contributed by atoms with van der Waals surface area (Å²) < 4.78 is 11.9. The van der Waals surface area contributed by atoms with Crippen LogP contribution in [0.1, 0.15) is 61.8 Å². The Morgan fingerprint density at radius 2 is 1.15 bits per heavy atom. The molecular weight excluding hydrogens is 428 g/mol. The summed E-state index contributed by atoms with van der Waals surface area (Å²) in [5.41, 5.74) is 3.21. The summed E-state index contributed by atoms with van der Waals surface area (Å²) in [5, 5.41) is 6.77. The van der Waals surface area contributed by atoms with E-state index >= 15 is 0 Å². The second-order valence-electron chi connectivity index (χ2n) is 9.78. The molecule has 0 bridgehead atoms. The number of carbonyl (C=O) groups is 2. The van der Waals surface area contributed by atoms with Gasteiger partial charge in [0.15, 0.2) is 0 Å². The van der Waals surface area contributed by atoms with Crippen molar-refractivity contribution in [1.29, 1.82) is 0 Å². The van der Waals surface area contributed by atoms with Crippen LogP contribution < -0.4 is 10.6 Å². The Balaban J connectivity index is 1.26. The molecule has 4 rings (SSSR count). The Hall–Kier alpha value is -2.70. The van der Waals surface area contributed by atoms with Gasteiger partial charge in [-0.3, -0.25) is 9.59 Å². The van der Waals surface area contributed by atoms with E-state index in [4.69, 9.17) is 9.47 Å². The first-order valence-corrected chi connectivity index (χ1v) is 12.4. The number of rotatable bonds is 7. The molecule has 0 fully saturated rings. The third-order valence-corrected chi connectivity index (χ3v) is 6.93. The number of fused-ring (bicyclic) bond motifs is 2. The molecule has 2 aliphatic heterocycles. The lowest BCUT2D eigenvalue weighted by molar-refractivity contribution is -0.161. The van der Waals surface area contributed by atoms with Crippen molar-refractivity contribution in [2.75, 3.05) is 26.2 Å². The maximum atomic E-state index is 12.7. The quantitative estimate of drug-likeness (QED) is 0.480. The van der Waals surface area contributed by atoms with Crippen molar-refractivity contribution in [2.45, 2.75) is 63.6 Å². The molecule has 0 radical (unpaired) electrons. The van der Waals surface area contributed by atoms with Gasteiger partial charge < -0.3 is 20.1 Å². The van der Waals surface area contributed by atoms with E-state index in [2.05, 4.69) is 22.8 Å². The van der Waals surface area contributed by atoms with Crippen molar-refractivity contribution in [3.05, 3.63) is 70.8 Å². The van der Waals surface area contributed by atoms with Crippen LogP contribution in [0.5, 0.6) is 0 Å². The molecule has 0 saturated carbocycles. The monoisotopic (exact) mass is 464 g/mol. The van der Waals surface area contributed by atoms with Crippen molar-refractivity contribution < 1.29 is 19.1 Å². The SMILES string of the molecule is CC1(OC(=O)CCCCC(=O)OC2(C)CNCCc3ccccc32)CNCCc2ccccc21. The molecule has 182 valence electrons. The summed E-state index contributed by atoms with van der Waals surface area (Å²) in [4.78, 5) is 25.3. The fraction of sp³-hybridized carbons (Fsp3) is 0.500. The fourth-order valence-corrected chi connectivity index (χ4v) is 5.12. The molecule has 0 aliphatic carbocycles. The highest BCUT2D eigenvalue weighted by atomic mass is 16.6. The van der Waals surface area contributed by atoms with Crippen LogP contribution in [0.2, 0.25) is 0 Å². The second kappa shape index (κ2) is 10.7. The first-order chi connectivity index (χ1) is 16.4. The Bertz CT molecular complexity index is 941. The third kappa shape index (κ3) is 5.68. The van der Waals surface area contributed by atoms with Crippen LogP contribution in [-0.2, 0) is 43.1 Å². The minimum Gasteiger partial charge on any atom is -0.453 e. The summed E-state index contributed by atoms with van der Waals surface area (Å²) in [6.45, 7) is 6.86. The van der Waals surface area contributed by atoms with E-state index in [0.29, 0.717) is 25.9 Å². The third-order valence-electron chi connectivity index (χ3n) is 6.93. The molecular formula is C28H36N2O4. The van der Waals surface area contributed by atoms with Crippen molar-refractivity contribution in [3.63, 3.8) is 0 Å². The zero-order valence-corrected chi connectivity index (χ0v) is 20.3. The largest absolute Gasteiger partial charge is 0.453 e. The maximum absolute atomic E-state index is 12.7. The molecule has 2 heterocycles. The number of nitrogens with one attached hydrogen (secondary N) is 2. The van der Waals surface area contributed by atoms with Gasteiger partial charge >= 0.3 is 11.9 Å². The number of unbranched alkanes of at least 4 members (excludes halogenated alkanes) is 1. The molecule has 34 heavy (non-hydrogen) atoms. The van der Waals surface area contributed by atoms with Gasteiger partial charge in [-0.1, -0.05) is 48.5 Å². The summed E-state index contributed by atoms with van der Waals surface area (Å²) in [6, 6.07) is 16.3. The highest BCUT2D eigenvalue weighted by Gasteiger charge is 2.35. The van der Waals surface area contributed by atoms with Crippen molar-refractivity contribution in [3.8, 4) is 0 Å². The van der Waals surface area contributed by atoms with Gasteiger partial charge in [0.25, 0.3) is 0 Å². The van der Waals surface area contributed by atoms with Gasteiger partial charge in [-0.2, -0.15) is 0 Å². The van der Waals surface area contributed by atoms with Gasteiger partial charge in [-0.15, -0.1) is 0 Å². The average molecular weight is 465 g/mol. The van der Waals surface area contributed by atoms with Gasteiger partial charge in [0.1, 0.15) is 11.2 Å². The Kier molecular flexibility index (Phi) is 7.69. The van der Waals surface area contributed by atoms with Crippen LogP contribution >= 0.6 is 0 Å². The van der Waals surface area contributed by atoms with E-state index in [1.807, 2.05) is 50.2 Å². The molecule has 0 amide bonds. The molecule has 2 aliphatic rings. The smallest absolute Gasteiger partial charge is 0.306 e. The summed E-state index contributed by atoms with van der Waals surface area (Å²) in [5.74, 6) is -0.466. The average Bonchev–Trinajstić information content (AvgIpc) is 3.09.